The lowest BCUT2D eigenvalue weighted by Crippen LogP contribution is -2.10. The third kappa shape index (κ3) is 3.75. The van der Waals surface area contributed by atoms with E-state index in [1.165, 1.54) is 29.5 Å². The van der Waals surface area contributed by atoms with E-state index in [2.05, 4.69) is 60.1 Å². The van der Waals surface area contributed by atoms with Crippen LogP contribution in [0.5, 0.6) is 0 Å². The zero-order valence-electron chi connectivity index (χ0n) is 18.2. The van der Waals surface area contributed by atoms with E-state index in [0.717, 1.165) is 46.7 Å². The van der Waals surface area contributed by atoms with Crippen LogP contribution in [-0.2, 0) is 6.42 Å². The van der Waals surface area contributed by atoms with E-state index in [9.17, 15) is 0 Å². The van der Waals surface area contributed by atoms with Crippen LogP contribution in [0, 0.1) is 6.92 Å². The first-order valence-corrected chi connectivity index (χ1v) is 10.8. The quantitative estimate of drug-likeness (QED) is 0.413. The minimum atomic E-state index is 0. The van der Waals surface area contributed by atoms with Crippen molar-refractivity contribution in [2.75, 3.05) is 0 Å². The van der Waals surface area contributed by atoms with Gasteiger partial charge in [-0.1, -0.05) is 24.6 Å². The second kappa shape index (κ2) is 8.44. The highest BCUT2D eigenvalue weighted by atomic mass is 35.5. The van der Waals surface area contributed by atoms with Gasteiger partial charge in [-0.15, -0.1) is 12.4 Å². The number of nitrogens with one attached hydrogen (secondary N) is 1. The first-order valence-electron chi connectivity index (χ1n) is 10.8. The number of imidazole rings is 1. The van der Waals surface area contributed by atoms with Crippen molar-refractivity contribution in [1.82, 2.24) is 24.7 Å². The molecule has 0 radical (unpaired) electrons. The summed E-state index contributed by atoms with van der Waals surface area (Å²) < 4.78 is 2.02. The van der Waals surface area contributed by atoms with Gasteiger partial charge in [0.15, 0.2) is 5.65 Å². The first-order chi connectivity index (χ1) is 14.5. The maximum atomic E-state index is 6.40. The van der Waals surface area contributed by atoms with Gasteiger partial charge < -0.3 is 10.7 Å². The number of aromatic amines is 1. The van der Waals surface area contributed by atoms with Crippen molar-refractivity contribution < 1.29 is 0 Å². The molecule has 0 saturated heterocycles. The largest absolute Gasteiger partial charge is 0.324 e. The Balaban J connectivity index is 0.00000231. The number of H-pyrrole nitrogens is 1. The number of aryl methyl sites for hydroxylation is 1. The van der Waals surface area contributed by atoms with Crippen molar-refractivity contribution in [2.45, 2.75) is 58.5 Å². The van der Waals surface area contributed by atoms with Gasteiger partial charge in [0, 0.05) is 29.5 Å². The van der Waals surface area contributed by atoms with Crippen LogP contribution in [0.2, 0.25) is 0 Å². The Labute approximate surface area is 188 Å². The number of aromatic nitrogens is 5. The van der Waals surface area contributed by atoms with Crippen molar-refractivity contribution in [3.05, 3.63) is 53.5 Å². The molecule has 0 saturated carbocycles. The zero-order chi connectivity index (χ0) is 20.8. The predicted molar refractivity (Wildman–Crippen MR) is 127 cm³/mol. The van der Waals surface area contributed by atoms with Crippen molar-refractivity contribution in [3.8, 4) is 22.5 Å². The van der Waals surface area contributed by atoms with Crippen LogP contribution in [0.3, 0.4) is 0 Å². The highest BCUT2D eigenvalue weighted by Gasteiger charge is 2.19. The van der Waals surface area contributed by atoms with Crippen molar-refractivity contribution in [2.24, 2.45) is 5.73 Å². The molecule has 1 unspecified atom stereocenters. The van der Waals surface area contributed by atoms with E-state index in [1.807, 2.05) is 17.1 Å². The van der Waals surface area contributed by atoms with Crippen molar-refractivity contribution in [1.29, 1.82) is 0 Å². The van der Waals surface area contributed by atoms with Crippen LogP contribution in [0.25, 0.3) is 33.7 Å². The first kappa shape index (κ1) is 21.5. The van der Waals surface area contributed by atoms with E-state index in [1.54, 1.807) is 0 Å². The maximum absolute atomic E-state index is 6.40. The molecule has 31 heavy (non-hydrogen) atoms. The monoisotopic (exact) mass is 436 g/mol. The average Bonchev–Trinajstić information content (AvgIpc) is 3.28. The normalized spacial score (nSPS) is 16.2. The molecule has 4 aromatic rings. The summed E-state index contributed by atoms with van der Waals surface area (Å²) in [7, 11) is 0. The second-order valence-electron chi connectivity index (χ2n) is 8.59. The zero-order valence-corrected chi connectivity index (χ0v) is 19.0. The molecule has 1 aliphatic rings. The fraction of sp³-hybridized carbons (Fsp3) is 0.375. The van der Waals surface area contributed by atoms with E-state index >= 15 is 0 Å². The molecule has 0 fully saturated rings. The Morgan fingerprint density at radius 1 is 1.16 bits per heavy atom. The minimum absolute atomic E-state index is 0. The molecule has 6 nitrogen and oxygen atoms in total. The number of nitrogens with zero attached hydrogens (tertiary/aromatic N) is 4. The number of benzene rings is 1. The minimum Gasteiger partial charge on any atom is -0.324 e. The summed E-state index contributed by atoms with van der Waals surface area (Å²) in [6.45, 7) is 6.35. The van der Waals surface area contributed by atoms with Crippen molar-refractivity contribution in [3.63, 3.8) is 0 Å². The molecule has 0 aliphatic heterocycles. The summed E-state index contributed by atoms with van der Waals surface area (Å²) in [6.07, 6.45) is 8.28. The Kier molecular flexibility index (Phi) is 5.86. The molecule has 3 heterocycles. The lowest BCUT2D eigenvalue weighted by Gasteiger charge is -2.14. The lowest BCUT2D eigenvalue weighted by atomic mass is 9.94. The number of rotatable bonds is 3. The standard InChI is InChI=1S/C24H28N6.ClH/c1-14(2)30-15(3)20(13-27-30)23-28-22-19(10-11-26-24(22)29-23)17-8-9-18-16(12-17)6-4-5-7-21(18)25;/h8-14,21H,4-7,25H2,1-3H3,(H,26,28,29);1H. The summed E-state index contributed by atoms with van der Waals surface area (Å²) >= 11 is 0. The van der Waals surface area contributed by atoms with Gasteiger partial charge in [-0.05, 0) is 62.8 Å². The van der Waals surface area contributed by atoms with E-state index in [-0.39, 0.29) is 18.4 Å². The summed E-state index contributed by atoms with van der Waals surface area (Å²) in [6, 6.07) is 9.18. The van der Waals surface area contributed by atoms with Gasteiger partial charge in [0.05, 0.1) is 11.8 Å². The highest BCUT2D eigenvalue weighted by molar-refractivity contribution is 5.91. The molecule has 1 aliphatic carbocycles. The molecule has 7 heteroatoms. The van der Waals surface area contributed by atoms with E-state index < -0.39 is 0 Å². The highest BCUT2D eigenvalue weighted by Crippen LogP contribution is 2.34. The molecule has 3 N–H and O–H groups in total. The van der Waals surface area contributed by atoms with Gasteiger partial charge in [0.2, 0.25) is 0 Å². The average molecular weight is 437 g/mol. The number of fused-ring (bicyclic) bond motifs is 2. The lowest BCUT2D eigenvalue weighted by molar-refractivity contribution is 0.519. The number of pyridine rings is 1. The Bertz CT molecular complexity index is 1220. The topological polar surface area (TPSA) is 85.4 Å². The maximum Gasteiger partial charge on any atom is 0.158 e. The molecule has 0 spiro atoms. The third-order valence-electron chi connectivity index (χ3n) is 6.24. The Morgan fingerprint density at radius 2 is 2.00 bits per heavy atom. The molecular weight excluding hydrogens is 408 g/mol. The SMILES string of the molecule is Cc1c(-c2nc3c(-c4ccc5c(c4)CCCCC5N)ccnc3[nH]2)cnn1C(C)C.Cl. The van der Waals surface area contributed by atoms with Gasteiger partial charge in [-0.3, -0.25) is 4.68 Å². The fourth-order valence-corrected chi connectivity index (χ4v) is 4.63. The van der Waals surface area contributed by atoms with Crippen LogP contribution in [0.15, 0.2) is 36.7 Å². The summed E-state index contributed by atoms with van der Waals surface area (Å²) in [5.74, 6) is 0.811. The van der Waals surface area contributed by atoms with Gasteiger partial charge in [0.25, 0.3) is 0 Å². The van der Waals surface area contributed by atoms with Crippen LogP contribution >= 0.6 is 12.4 Å². The van der Waals surface area contributed by atoms with Gasteiger partial charge in [-0.25, -0.2) is 9.97 Å². The van der Waals surface area contributed by atoms with Crippen LogP contribution in [-0.4, -0.2) is 24.7 Å². The predicted octanol–water partition coefficient (Wildman–Crippen LogP) is 5.53. The number of hydrogen-bond donors (Lipinski definition) is 2. The summed E-state index contributed by atoms with van der Waals surface area (Å²) in [5.41, 5.74) is 15.1. The number of hydrogen-bond acceptors (Lipinski definition) is 4. The fourth-order valence-electron chi connectivity index (χ4n) is 4.63. The molecule has 0 bridgehead atoms. The molecule has 3 aromatic heterocycles. The molecule has 1 aromatic carbocycles. The Morgan fingerprint density at radius 3 is 2.77 bits per heavy atom. The van der Waals surface area contributed by atoms with Gasteiger partial charge in [0.1, 0.15) is 11.3 Å². The number of halogens is 1. The summed E-state index contributed by atoms with van der Waals surface area (Å²) in [4.78, 5) is 12.9. The van der Waals surface area contributed by atoms with E-state index in [0.29, 0.717) is 6.04 Å². The van der Waals surface area contributed by atoms with Crippen LogP contribution < -0.4 is 5.73 Å². The van der Waals surface area contributed by atoms with Gasteiger partial charge >= 0.3 is 0 Å². The molecule has 1 atom stereocenters. The smallest absolute Gasteiger partial charge is 0.158 e. The molecule has 162 valence electrons. The molecular formula is C24H29ClN6. The molecule has 5 rings (SSSR count). The third-order valence-corrected chi connectivity index (χ3v) is 6.24. The second-order valence-corrected chi connectivity index (χ2v) is 8.59. The van der Waals surface area contributed by atoms with E-state index in [4.69, 9.17) is 10.7 Å². The van der Waals surface area contributed by atoms with Crippen LogP contribution in [0.1, 0.15) is 62.0 Å². The summed E-state index contributed by atoms with van der Waals surface area (Å²) in [5, 5.41) is 4.53. The molecule has 0 amide bonds. The van der Waals surface area contributed by atoms with Crippen molar-refractivity contribution >= 4 is 23.6 Å². The number of nitrogens with two attached hydrogens (primary N) is 1. The van der Waals surface area contributed by atoms with Crippen LogP contribution in [0.4, 0.5) is 0 Å². The Hall–Kier alpha value is -2.70. The van der Waals surface area contributed by atoms with Gasteiger partial charge in [-0.2, -0.15) is 5.10 Å².